The maximum Gasteiger partial charge on any atom is -0.00741 e. The minimum absolute atomic E-state index is 0.249. The molecule has 0 aromatic heterocycles. The summed E-state index contributed by atoms with van der Waals surface area (Å²) in [7, 11) is 0. The van der Waals surface area contributed by atoms with Crippen molar-refractivity contribution in [3.63, 3.8) is 0 Å². The van der Waals surface area contributed by atoms with Crippen molar-refractivity contribution in [2.24, 2.45) is 5.73 Å². The van der Waals surface area contributed by atoms with Crippen molar-refractivity contribution in [3.8, 4) is 0 Å². The summed E-state index contributed by atoms with van der Waals surface area (Å²) in [6.07, 6.45) is 2.17. The molecule has 2 N–H and O–H groups in total. The Bertz CT molecular complexity index is 284. The van der Waals surface area contributed by atoms with Gasteiger partial charge in [0.05, 0.1) is 0 Å². The first kappa shape index (κ1) is 11.3. The number of aryl methyl sites for hydroxylation is 1. The monoisotopic (exact) mass is 191 g/mol. The van der Waals surface area contributed by atoms with Gasteiger partial charge in [-0.05, 0) is 35.9 Å². The minimum Gasteiger partial charge on any atom is -0.330 e. The van der Waals surface area contributed by atoms with E-state index in [0.29, 0.717) is 0 Å². The van der Waals surface area contributed by atoms with E-state index in [1.807, 2.05) is 0 Å². The number of hydrogen-bond donors (Lipinski definition) is 1. The molecule has 0 aliphatic rings. The van der Waals surface area contributed by atoms with Crippen molar-refractivity contribution >= 4 is 0 Å². The highest BCUT2D eigenvalue weighted by Gasteiger charge is 2.13. The van der Waals surface area contributed by atoms with E-state index < -0.39 is 0 Å². The molecule has 0 heterocycles. The first-order valence-corrected chi connectivity index (χ1v) is 5.33. The van der Waals surface area contributed by atoms with Crippen molar-refractivity contribution in [2.75, 3.05) is 6.54 Å². The Morgan fingerprint density at radius 1 is 1.21 bits per heavy atom. The zero-order valence-electron chi connectivity index (χ0n) is 9.51. The number of hydrogen-bond acceptors (Lipinski definition) is 1. The van der Waals surface area contributed by atoms with Crippen LogP contribution in [0.2, 0.25) is 0 Å². The summed E-state index contributed by atoms with van der Waals surface area (Å²) < 4.78 is 0. The Morgan fingerprint density at radius 2 is 1.93 bits per heavy atom. The predicted molar refractivity (Wildman–Crippen MR) is 62.5 cm³/mol. The van der Waals surface area contributed by atoms with Crippen LogP contribution in [-0.2, 0) is 11.8 Å². The van der Waals surface area contributed by atoms with Crippen LogP contribution in [0.25, 0.3) is 0 Å². The normalized spacial score (nSPS) is 11.7. The highest BCUT2D eigenvalue weighted by molar-refractivity contribution is 5.28. The maximum absolute atomic E-state index is 5.50. The third-order valence-corrected chi connectivity index (χ3v) is 2.46. The van der Waals surface area contributed by atoms with E-state index in [9.17, 15) is 0 Å². The summed E-state index contributed by atoms with van der Waals surface area (Å²) in [5.74, 6) is 0. The van der Waals surface area contributed by atoms with E-state index in [0.717, 1.165) is 19.4 Å². The second-order valence-electron chi connectivity index (χ2n) is 4.84. The molecule has 1 rings (SSSR count). The van der Waals surface area contributed by atoms with Gasteiger partial charge < -0.3 is 5.73 Å². The molecule has 0 unspecified atom stereocenters. The molecule has 78 valence electrons. The van der Waals surface area contributed by atoms with E-state index in [4.69, 9.17) is 5.73 Å². The molecule has 1 nitrogen and oxygen atoms in total. The fourth-order valence-corrected chi connectivity index (χ4v) is 1.50. The minimum atomic E-state index is 0.249. The molecule has 0 atom stereocenters. The zero-order valence-corrected chi connectivity index (χ0v) is 9.51. The summed E-state index contributed by atoms with van der Waals surface area (Å²) >= 11 is 0. The lowest BCUT2D eigenvalue weighted by Gasteiger charge is -2.19. The number of rotatable bonds is 3. The molecular weight excluding hydrogens is 170 g/mol. The smallest absolute Gasteiger partial charge is 0.00741 e. The summed E-state index contributed by atoms with van der Waals surface area (Å²) in [6, 6.07) is 8.83. The molecule has 0 radical (unpaired) electrons. The van der Waals surface area contributed by atoms with Crippen LogP contribution in [0, 0.1) is 0 Å². The van der Waals surface area contributed by atoms with Crippen molar-refractivity contribution in [2.45, 2.75) is 39.0 Å². The van der Waals surface area contributed by atoms with Gasteiger partial charge in [-0.2, -0.15) is 0 Å². The molecule has 0 aliphatic heterocycles. The molecular formula is C13H21N. The largest absolute Gasteiger partial charge is 0.330 e. The first-order valence-electron chi connectivity index (χ1n) is 5.33. The van der Waals surface area contributed by atoms with Crippen LogP contribution in [0.3, 0.4) is 0 Å². The van der Waals surface area contributed by atoms with Crippen LogP contribution in [-0.4, -0.2) is 6.54 Å². The van der Waals surface area contributed by atoms with Crippen LogP contribution in [0.1, 0.15) is 38.3 Å². The van der Waals surface area contributed by atoms with E-state index in [1.165, 1.54) is 11.1 Å². The van der Waals surface area contributed by atoms with E-state index >= 15 is 0 Å². The van der Waals surface area contributed by atoms with Crippen LogP contribution in [0.15, 0.2) is 24.3 Å². The van der Waals surface area contributed by atoms with Crippen molar-refractivity contribution in [3.05, 3.63) is 35.4 Å². The number of benzene rings is 1. The summed E-state index contributed by atoms with van der Waals surface area (Å²) in [6.45, 7) is 7.51. The van der Waals surface area contributed by atoms with Crippen LogP contribution < -0.4 is 5.73 Å². The SMILES string of the molecule is CC(C)(C)c1cccc(CCCN)c1. The molecule has 1 aromatic rings. The lowest BCUT2D eigenvalue weighted by atomic mass is 9.86. The fourth-order valence-electron chi connectivity index (χ4n) is 1.50. The van der Waals surface area contributed by atoms with Gasteiger partial charge in [0.1, 0.15) is 0 Å². The molecule has 0 spiro atoms. The molecule has 0 amide bonds. The lowest BCUT2D eigenvalue weighted by molar-refractivity contribution is 0.589. The van der Waals surface area contributed by atoms with Crippen molar-refractivity contribution < 1.29 is 0 Å². The van der Waals surface area contributed by atoms with Gasteiger partial charge in [-0.25, -0.2) is 0 Å². The van der Waals surface area contributed by atoms with Crippen LogP contribution >= 0.6 is 0 Å². The standard InChI is InChI=1S/C13H21N/c1-13(2,3)12-8-4-6-11(10-12)7-5-9-14/h4,6,8,10H,5,7,9,14H2,1-3H3. The van der Waals surface area contributed by atoms with Gasteiger partial charge in [0.2, 0.25) is 0 Å². The molecule has 1 heteroatoms. The highest BCUT2D eigenvalue weighted by atomic mass is 14.5. The van der Waals surface area contributed by atoms with Gasteiger partial charge in [0, 0.05) is 0 Å². The predicted octanol–water partition coefficient (Wildman–Crippen LogP) is 2.88. The first-order chi connectivity index (χ1) is 6.54. The Morgan fingerprint density at radius 3 is 2.50 bits per heavy atom. The van der Waals surface area contributed by atoms with Crippen LogP contribution in [0.4, 0.5) is 0 Å². The third-order valence-electron chi connectivity index (χ3n) is 2.46. The van der Waals surface area contributed by atoms with Crippen LogP contribution in [0.5, 0.6) is 0 Å². The topological polar surface area (TPSA) is 26.0 Å². The number of nitrogens with two attached hydrogens (primary N) is 1. The van der Waals surface area contributed by atoms with Gasteiger partial charge in [-0.3, -0.25) is 0 Å². The van der Waals surface area contributed by atoms with Gasteiger partial charge in [-0.1, -0.05) is 45.0 Å². The Labute approximate surface area is 87.3 Å². The zero-order chi connectivity index (χ0) is 10.6. The van der Waals surface area contributed by atoms with E-state index in [-0.39, 0.29) is 5.41 Å². The average Bonchev–Trinajstić information content (AvgIpc) is 2.14. The van der Waals surface area contributed by atoms with Gasteiger partial charge >= 0.3 is 0 Å². The molecule has 0 bridgehead atoms. The fraction of sp³-hybridized carbons (Fsp3) is 0.538. The quantitative estimate of drug-likeness (QED) is 0.781. The summed E-state index contributed by atoms with van der Waals surface area (Å²) in [5, 5.41) is 0. The molecule has 14 heavy (non-hydrogen) atoms. The lowest BCUT2D eigenvalue weighted by Crippen LogP contribution is -2.11. The Kier molecular flexibility index (Phi) is 3.70. The summed E-state index contributed by atoms with van der Waals surface area (Å²) in [5.41, 5.74) is 8.56. The average molecular weight is 191 g/mol. The Hall–Kier alpha value is -0.820. The van der Waals surface area contributed by atoms with Crippen molar-refractivity contribution in [1.29, 1.82) is 0 Å². The van der Waals surface area contributed by atoms with E-state index in [2.05, 4.69) is 45.0 Å². The second-order valence-corrected chi connectivity index (χ2v) is 4.84. The molecule has 0 saturated carbocycles. The molecule has 0 aliphatic carbocycles. The molecule has 1 aromatic carbocycles. The van der Waals surface area contributed by atoms with Gasteiger partial charge in [0.25, 0.3) is 0 Å². The van der Waals surface area contributed by atoms with Gasteiger partial charge in [0.15, 0.2) is 0 Å². The van der Waals surface area contributed by atoms with E-state index in [1.54, 1.807) is 0 Å². The second kappa shape index (κ2) is 4.61. The highest BCUT2D eigenvalue weighted by Crippen LogP contribution is 2.23. The van der Waals surface area contributed by atoms with Gasteiger partial charge in [-0.15, -0.1) is 0 Å². The maximum atomic E-state index is 5.50. The third kappa shape index (κ3) is 3.15. The molecule has 0 fully saturated rings. The van der Waals surface area contributed by atoms with Crippen molar-refractivity contribution in [1.82, 2.24) is 0 Å². The summed E-state index contributed by atoms with van der Waals surface area (Å²) in [4.78, 5) is 0. The Balaban J connectivity index is 2.79. The molecule has 0 saturated heterocycles.